The van der Waals surface area contributed by atoms with Crippen molar-refractivity contribution >= 4 is 0 Å². The van der Waals surface area contributed by atoms with E-state index in [-0.39, 0.29) is 6.10 Å². The van der Waals surface area contributed by atoms with Gasteiger partial charge >= 0.3 is 0 Å². The second-order valence-electron chi connectivity index (χ2n) is 3.82. The fourth-order valence-electron chi connectivity index (χ4n) is 1.92. The largest absolute Gasteiger partial charge is 0.371 e. The van der Waals surface area contributed by atoms with E-state index in [2.05, 4.69) is 35.7 Å². The van der Waals surface area contributed by atoms with Crippen LogP contribution in [0, 0.1) is 0 Å². The molecule has 0 bridgehead atoms. The molecule has 0 spiro atoms. The SMILES string of the molecule is C=CCN1CCOC(c2ccccc2)C1. The van der Waals surface area contributed by atoms with Crippen molar-refractivity contribution in [1.29, 1.82) is 0 Å². The average molecular weight is 203 g/mol. The van der Waals surface area contributed by atoms with Crippen molar-refractivity contribution in [3.8, 4) is 0 Å². The molecule has 1 fully saturated rings. The Bertz CT molecular complexity index is 310. The third-order valence-corrected chi connectivity index (χ3v) is 2.71. The smallest absolute Gasteiger partial charge is 0.0952 e. The van der Waals surface area contributed by atoms with Crippen LogP contribution in [0.3, 0.4) is 0 Å². The van der Waals surface area contributed by atoms with Crippen LogP contribution in [0.1, 0.15) is 11.7 Å². The fourth-order valence-corrected chi connectivity index (χ4v) is 1.92. The molecule has 1 saturated heterocycles. The van der Waals surface area contributed by atoms with Crippen LogP contribution in [-0.4, -0.2) is 31.1 Å². The van der Waals surface area contributed by atoms with Crippen molar-refractivity contribution in [2.45, 2.75) is 6.10 Å². The highest BCUT2D eigenvalue weighted by molar-refractivity contribution is 5.18. The van der Waals surface area contributed by atoms with Gasteiger partial charge in [-0.1, -0.05) is 36.4 Å². The Kier molecular flexibility index (Phi) is 3.54. The molecule has 0 aromatic heterocycles. The third-order valence-electron chi connectivity index (χ3n) is 2.71. The Morgan fingerprint density at radius 3 is 2.93 bits per heavy atom. The lowest BCUT2D eigenvalue weighted by atomic mass is 10.1. The summed E-state index contributed by atoms with van der Waals surface area (Å²) < 4.78 is 5.76. The minimum Gasteiger partial charge on any atom is -0.371 e. The number of morpholine rings is 1. The maximum absolute atomic E-state index is 5.76. The maximum atomic E-state index is 5.76. The zero-order chi connectivity index (χ0) is 10.5. The second-order valence-corrected chi connectivity index (χ2v) is 3.82. The average Bonchev–Trinajstić information content (AvgIpc) is 2.31. The summed E-state index contributed by atoms with van der Waals surface area (Å²) in [5.74, 6) is 0. The maximum Gasteiger partial charge on any atom is 0.0952 e. The van der Waals surface area contributed by atoms with E-state index in [4.69, 9.17) is 4.74 Å². The highest BCUT2D eigenvalue weighted by Gasteiger charge is 2.20. The molecule has 1 aliphatic heterocycles. The summed E-state index contributed by atoms with van der Waals surface area (Å²) in [6.07, 6.45) is 2.17. The summed E-state index contributed by atoms with van der Waals surface area (Å²) in [4.78, 5) is 2.37. The molecule has 80 valence electrons. The van der Waals surface area contributed by atoms with E-state index >= 15 is 0 Å². The zero-order valence-electron chi connectivity index (χ0n) is 8.93. The lowest BCUT2D eigenvalue weighted by Crippen LogP contribution is -2.38. The van der Waals surface area contributed by atoms with Gasteiger partial charge in [-0.05, 0) is 5.56 Å². The van der Waals surface area contributed by atoms with Crippen LogP contribution in [0.4, 0.5) is 0 Å². The first-order chi connectivity index (χ1) is 7.40. The topological polar surface area (TPSA) is 12.5 Å². The van der Waals surface area contributed by atoms with Crippen LogP contribution in [0.5, 0.6) is 0 Å². The highest BCUT2D eigenvalue weighted by atomic mass is 16.5. The van der Waals surface area contributed by atoms with Gasteiger partial charge in [0.2, 0.25) is 0 Å². The van der Waals surface area contributed by atoms with Gasteiger partial charge in [-0.25, -0.2) is 0 Å². The molecule has 0 N–H and O–H groups in total. The molecule has 2 heteroatoms. The van der Waals surface area contributed by atoms with E-state index in [0.717, 1.165) is 26.2 Å². The molecule has 2 rings (SSSR count). The Labute approximate surface area is 91.2 Å². The fraction of sp³-hybridized carbons (Fsp3) is 0.385. The van der Waals surface area contributed by atoms with Crippen LogP contribution < -0.4 is 0 Å². The van der Waals surface area contributed by atoms with Gasteiger partial charge in [0.05, 0.1) is 12.7 Å². The first-order valence-corrected chi connectivity index (χ1v) is 5.40. The normalized spacial score (nSPS) is 22.5. The molecule has 15 heavy (non-hydrogen) atoms. The zero-order valence-corrected chi connectivity index (χ0v) is 8.93. The lowest BCUT2D eigenvalue weighted by Gasteiger charge is -2.32. The van der Waals surface area contributed by atoms with Crippen molar-refractivity contribution in [1.82, 2.24) is 4.90 Å². The van der Waals surface area contributed by atoms with E-state index in [0.29, 0.717) is 0 Å². The predicted octanol–water partition coefficient (Wildman–Crippen LogP) is 2.25. The molecule has 2 nitrogen and oxygen atoms in total. The molecule has 1 aromatic carbocycles. The van der Waals surface area contributed by atoms with Gasteiger partial charge in [0.25, 0.3) is 0 Å². The van der Waals surface area contributed by atoms with Crippen molar-refractivity contribution < 1.29 is 4.74 Å². The molecular formula is C13H17NO. The summed E-state index contributed by atoms with van der Waals surface area (Å²) in [7, 11) is 0. The van der Waals surface area contributed by atoms with Gasteiger partial charge in [0, 0.05) is 19.6 Å². The molecule has 1 atom stereocenters. The van der Waals surface area contributed by atoms with E-state index in [9.17, 15) is 0 Å². The monoisotopic (exact) mass is 203 g/mol. The Hall–Kier alpha value is -1.12. The number of hydrogen-bond acceptors (Lipinski definition) is 2. The Morgan fingerprint density at radius 2 is 2.20 bits per heavy atom. The van der Waals surface area contributed by atoms with E-state index in [1.807, 2.05) is 12.1 Å². The van der Waals surface area contributed by atoms with Crippen molar-refractivity contribution in [3.63, 3.8) is 0 Å². The molecule has 0 radical (unpaired) electrons. The molecular weight excluding hydrogens is 186 g/mol. The predicted molar refractivity (Wildman–Crippen MR) is 61.8 cm³/mol. The lowest BCUT2D eigenvalue weighted by molar-refractivity contribution is -0.0260. The standard InChI is InChI=1S/C13H17NO/c1-2-8-14-9-10-15-13(11-14)12-6-4-3-5-7-12/h2-7,13H,1,8-11H2. The summed E-state index contributed by atoms with van der Waals surface area (Å²) in [5.41, 5.74) is 1.27. The summed E-state index contributed by atoms with van der Waals surface area (Å²) in [5, 5.41) is 0. The van der Waals surface area contributed by atoms with E-state index < -0.39 is 0 Å². The van der Waals surface area contributed by atoms with Crippen LogP contribution in [0.25, 0.3) is 0 Å². The Balaban J connectivity index is 2.01. The van der Waals surface area contributed by atoms with Crippen molar-refractivity contribution in [2.75, 3.05) is 26.2 Å². The van der Waals surface area contributed by atoms with Crippen LogP contribution in [0.15, 0.2) is 43.0 Å². The number of benzene rings is 1. The molecule has 1 heterocycles. The molecule has 1 aliphatic rings. The van der Waals surface area contributed by atoms with Crippen LogP contribution in [-0.2, 0) is 4.74 Å². The number of rotatable bonds is 3. The summed E-state index contributed by atoms with van der Waals surface area (Å²) in [6.45, 7) is 7.51. The molecule has 0 saturated carbocycles. The number of hydrogen-bond donors (Lipinski definition) is 0. The molecule has 0 aliphatic carbocycles. The molecule has 0 amide bonds. The van der Waals surface area contributed by atoms with Crippen LogP contribution >= 0.6 is 0 Å². The first kappa shape index (κ1) is 10.4. The minimum absolute atomic E-state index is 0.222. The number of ether oxygens (including phenoxy) is 1. The van der Waals surface area contributed by atoms with Gasteiger partial charge in [0.15, 0.2) is 0 Å². The van der Waals surface area contributed by atoms with Gasteiger partial charge in [0.1, 0.15) is 0 Å². The Morgan fingerprint density at radius 1 is 1.40 bits per heavy atom. The minimum atomic E-state index is 0.222. The summed E-state index contributed by atoms with van der Waals surface area (Å²) >= 11 is 0. The third kappa shape index (κ3) is 2.67. The van der Waals surface area contributed by atoms with E-state index in [1.165, 1.54) is 5.56 Å². The quantitative estimate of drug-likeness (QED) is 0.699. The highest BCUT2D eigenvalue weighted by Crippen LogP contribution is 2.21. The number of nitrogens with zero attached hydrogens (tertiary/aromatic N) is 1. The molecule has 1 unspecified atom stereocenters. The van der Waals surface area contributed by atoms with Crippen LogP contribution in [0.2, 0.25) is 0 Å². The van der Waals surface area contributed by atoms with Gasteiger partial charge < -0.3 is 4.74 Å². The van der Waals surface area contributed by atoms with Gasteiger partial charge in [-0.3, -0.25) is 4.90 Å². The second kappa shape index (κ2) is 5.10. The van der Waals surface area contributed by atoms with Crippen molar-refractivity contribution in [3.05, 3.63) is 48.6 Å². The van der Waals surface area contributed by atoms with Crippen molar-refractivity contribution in [2.24, 2.45) is 0 Å². The van der Waals surface area contributed by atoms with E-state index in [1.54, 1.807) is 0 Å². The first-order valence-electron chi connectivity index (χ1n) is 5.40. The summed E-state index contributed by atoms with van der Waals surface area (Å²) in [6, 6.07) is 10.4. The van der Waals surface area contributed by atoms with Gasteiger partial charge in [-0.15, -0.1) is 6.58 Å². The van der Waals surface area contributed by atoms with Gasteiger partial charge in [-0.2, -0.15) is 0 Å². The molecule has 1 aromatic rings.